The Labute approximate surface area is 103 Å². The second-order valence-corrected chi connectivity index (χ2v) is 4.35. The molecule has 98 valence electrons. The molecule has 0 bridgehead atoms. The molecule has 18 heavy (non-hydrogen) atoms. The van der Waals surface area contributed by atoms with Crippen molar-refractivity contribution < 1.29 is 23.5 Å². The van der Waals surface area contributed by atoms with E-state index in [1.165, 1.54) is 13.8 Å². The molecule has 0 radical (unpaired) electrons. The Morgan fingerprint density at radius 3 is 2.50 bits per heavy atom. The molecule has 1 rings (SSSR count). The number of benzene rings is 1. The average molecular weight is 257 g/mol. The van der Waals surface area contributed by atoms with E-state index in [2.05, 4.69) is 5.32 Å². The quantitative estimate of drug-likeness (QED) is 0.807. The van der Waals surface area contributed by atoms with Crippen LogP contribution in [0.15, 0.2) is 18.2 Å². The molecule has 0 saturated heterocycles. The summed E-state index contributed by atoms with van der Waals surface area (Å²) >= 11 is 0. The number of halogens is 2. The molecule has 4 nitrogen and oxygen atoms in total. The number of amides is 1. The highest BCUT2D eigenvalue weighted by atomic mass is 19.1. The Morgan fingerprint density at radius 1 is 1.33 bits per heavy atom. The Bertz CT molecular complexity index is 486. The molecule has 1 aromatic rings. The molecule has 0 aliphatic carbocycles. The van der Waals surface area contributed by atoms with E-state index in [0.717, 1.165) is 18.2 Å². The van der Waals surface area contributed by atoms with Crippen molar-refractivity contribution in [3.05, 3.63) is 35.4 Å². The minimum absolute atomic E-state index is 0.0375. The molecule has 1 aromatic carbocycles. The summed E-state index contributed by atoms with van der Waals surface area (Å²) in [6.07, 6.45) is 0. The van der Waals surface area contributed by atoms with E-state index in [-0.39, 0.29) is 12.1 Å². The van der Waals surface area contributed by atoms with Crippen molar-refractivity contribution >= 4 is 11.9 Å². The lowest BCUT2D eigenvalue weighted by atomic mass is 9.92. The monoisotopic (exact) mass is 257 g/mol. The van der Waals surface area contributed by atoms with Crippen molar-refractivity contribution in [1.29, 1.82) is 0 Å². The summed E-state index contributed by atoms with van der Waals surface area (Å²) in [7, 11) is 0. The average Bonchev–Trinajstić information content (AvgIpc) is 2.29. The van der Waals surface area contributed by atoms with E-state index >= 15 is 0 Å². The second kappa shape index (κ2) is 5.12. The summed E-state index contributed by atoms with van der Waals surface area (Å²) in [4.78, 5) is 22.4. The van der Waals surface area contributed by atoms with Gasteiger partial charge in [0.2, 0.25) is 5.91 Å². The first kappa shape index (κ1) is 14.1. The van der Waals surface area contributed by atoms with Crippen LogP contribution in [0, 0.1) is 17.0 Å². The Kier molecular flexibility index (Phi) is 4.00. The van der Waals surface area contributed by atoms with Crippen LogP contribution < -0.4 is 5.32 Å². The van der Waals surface area contributed by atoms with Crippen molar-refractivity contribution in [2.24, 2.45) is 5.41 Å². The van der Waals surface area contributed by atoms with Crippen LogP contribution in [0.4, 0.5) is 8.78 Å². The molecular weight excluding hydrogens is 244 g/mol. The largest absolute Gasteiger partial charge is 0.480 e. The van der Waals surface area contributed by atoms with Crippen molar-refractivity contribution in [2.75, 3.05) is 0 Å². The van der Waals surface area contributed by atoms with Crippen LogP contribution in [0.1, 0.15) is 19.4 Å². The minimum Gasteiger partial charge on any atom is -0.480 e. The van der Waals surface area contributed by atoms with Crippen LogP contribution in [-0.4, -0.2) is 17.0 Å². The number of nitrogens with one attached hydrogen (secondary N) is 1. The molecule has 0 aromatic heterocycles. The lowest BCUT2D eigenvalue weighted by Gasteiger charge is -2.18. The maximum absolute atomic E-state index is 13.2. The molecule has 2 N–H and O–H groups in total. The number of carboxylic acid groups (broad SMARTS) is 1. The first-order valence-electron chi connectivity index (χ1n) is 5.20. The van der Waals surface area contributed by atoms with Gasteiger partial charge < -0.3 is 10.4 Å². The highest BCUT2D eigenvalue weighted by Gasteiger charge is 2.35. The predicted molar refractivity (Wildman–Crippen MR) is 59.6 cm³/mol. The van der Waals surface area contributed by atoms with Crippen LogP contribution in [0.2, 0.25) is 0 Å². The number of hydrogen-bond acceptors (Lipinski definition) is 2. The van der Waals surface area contributed by atoms with E-state index in [1.54, 1.807) is 0 Å². The molecule has 0 atom stereocenters. The molecular formula is C12H13F2NO3. The molecule has 1 amide bonds. The van der Waals surface area contributed by atoms with E-state index in [1.807, 2.05) is 0 Å². The molecule has 6 heteroatoms. The third-order valence-corrected chi connectivity index (χ3v) is 2.55. The third kappa shape index (κ3) is 3.03. The lowest BCUT2D eigenvalue weighted by Crippen LogP contribution is -2.42. The van der Waals surface area contributed by atoms with Gasteiger partial charge in [-0.2, -0.15) is 0 Å². The van der Waals surface area contributed by atoms with Crippen molar-refractivity contribution in [3.8, 4) is 0 Å². The zero-order valence-corrected chi connectivity index (χ0v) is 9.96. The fraction of sp³-hybridized carbons (Fsp3) is 0.333. The molecule has 0 heterocycles. The van der Waals surface area contributed by atoms with Crippen LogP contribution in [0.3, 0.4) is 0 Å². The summed E-state index contributed by atoms with van der Waals surface area (Å²) in [6.45, 7) is 2.19. The number of aliphatic carboxylic acids is 1. The Morgan fingerprint density at radius 2 is 1.94 bits per heavy atom. The third-order valence-electron chi connectivity index (χ3n) is 2.55. The number of hydrogen-bond donors (Lipinski definition) is 2. The van der Waals surface area contributed by atoms with Gasteiger partial charge in [-0.05, 0) is 32.0 Å². The van der Waals surface area contributed by atoms with Crippen LogP contribution in [-0.2, 0) is 16.1 Å². The topological polar surface area (TPSA) is 66.4 Å². The van der Waals surface area contributed by atoms with Gasteiger partial charge in [-0.1, -0.05) is 0 Å². The van der Waals surface area contributed by atoms with Gasteiger partial charge in [0.05, 0.1) is 0 Å². The highest BCUT2D eigenvalue weighted by Crippen LogP contribution is 2.16. The Hall–Kier alpha value is -1.98. The van der Waals surface area contributed by atoms with E-state index in [9.17, 15) is 18.4 Å². The van der Waals surface area contributed by atoms with Crippen LogP contribution in [0.5, 0.6) is 0 Å². The van der Waals surface area contributed by atoms with Gasteiger partial charge in [-0.3, -0.25) is 9.59 Å². The first-order chi connectivity index (χ1) is 8.25. The zero-order valence-electron chi connectivity index (χ0n) is 9.96. The number of carboxylic acids is 1. The number of rotatable bonds is 4. The maximum atomic E-state index is 13.2. The lowest BCUT2D eigenvalue weighted by molar-refractivity contribution is -0.153. The molecule has 0 unspecified atom stereocenters. The SMILES string of the molecule is CC(C)(C(=O)O)C(=O)NCc1cc(F)ccc1F. The molecule has 0 aliphatic rings. The predicted octanol–water partition coefficient (Wildman–Crippen LogP) is 1.69. The van der Waals surface area contributed by atoms with Gasteiger partial charge >= 0.3 is 5.97 Å². The molecule has 0 saturated carbocycles. The van der Waals surface area contributed by atoms with Crippen molar-refractivity contribution in [3.63, 3.8) is 0 Å². The summed E-state index contributed by atoms with van der Waals surface area (Å²) in [5.41, 5.74) is -1.66. The van der Waals surface area contributed by atoms with E-state index in [4.69, 9.17) is 5.11 Å². The van der Waals surface area contributed by atoms with Crippen molar-refractivity contribution in [1.82, 2.24) is 5.32 Å². The smallest absolute Gasteiger partial charge is 0.318 e. The van der Waals surface area contributed by atoms with Crippen LogP contribution in [0.25, 0.3) is 0 Å². The number of carbonyl (C=O) groups excluding carboxylic acids is 1. The number of carbonyl (C=O) groups is 2. The van der Waals surface area contributed by atoms with Gasteiger partial charge in [-0.15, -0.1) is 0 Å². The zero-order chi connectivity index (χ0) is 13.9. The normalized spacial score (nSPS) is 11.1. The first-order valence-corrected chi connectivity index (χ1v) is 5.20. The van der Waals surface area contributed by atoms with E-state index in [0.29, 0.717) is 0 Å². The summed E-state index contributed by atoms with van der Waals surface area (Å²) < 4.78 is 26.1. The van der Waals surface area contributed by atoms with Crippen LogP contribution >= 0.6 is 0 Å². The summed E-state index contributed by atoms with van der Waals surface area (Å²) in [6, 6.07) is 2.85. The molecule has 0 fully saturated rings. The standard InChI is InChI=1S/C12H13F2NO3/c1-12(2,11(17)18)10(16)15-6-7-5-8(13)3-4-9(7)14/h3-5H,6H2,1-2H3,(H,15,16)(H,17,18). The summed E-state index contributed by atoms with van der Waals surface area (Å²) in [5.74, 6) is -3.35. The summed E-state index contributed by atoms with van der Waals surface area (Å²) in [5, 5.41) is 11.1. The van der Waals surface area contributed by atoms with Gasteiger partial charge in [-0.25, -0.2) is 8.78 Å². The van der Waals surface area contributed by atoms with Gasteiger partial charge in [0.1, 0.15) is 17.0 Å². The minimum atomic E-state index is -1.62. The Balaban J connectivity index is 2.74. The molecule has 0 spiro atoms. The molecule has 0 aliphatic heterocycles. The van der Waals surface area contributed by atoms with Gasteiger partial charge in [0.25, 0.3) is 0 Å². The fourth-order valence-corrected chi connectivity index (χ4v) is 1.17. The van der Waals surface area contributed by atoms with Gasteiger partial charge in [0.15, 0.2) is 0 Å². The second-order valence-electron chi connectivity index (χ2n) is 4.35. The van der Waals surface area contributed by atoms with Gasteiger partial charge in [0, 0.05) is 12.1 Å². The fourth-order valence-electron chi connectivity index (χ4n) is 1.17. The van der Waals surface area contributed by atoms with Crippen molar-refractivity contribution in [2.45, 2.75) is 20.4 Å². The van der Waals surface area contributed by atoms with E-state index < -0.39 is 28.9 Å². The maximum Gasteiger partial charge on any atom is 0.318 e. The highest BCUT2D eigenvalue weighted by molar-refractivity contribution is 6.00.